The lowest BCUT2D eigenvalue weighted by atomic mass is 9.94. The molecular weight excluding hydrogens is 1030 g/mol. The molecule has 0 bridgehead atoms. The van der Waals surface area contributed by atoms with Crippen LogP contribution in [0.2, 0.25) is 0 Å². The van der Waals surface area contributed by atoms with Gasteiger partial charge in [0.1, 0.15) is 72.0 Å². The van der Waals surface area contributed by atoms with Gasteiger partial charge in [0.05, 0.1) is 19.4 Å². The van der Waals surface area contributed by atoms with Gasteiger partial charge in [0.15, 0.2) is 6.10 Å². The van der Waals surface area contributed by atoms with E-state index in [4.69, 9.17) is 29.4 Å². The quantitative estimate of drug-likeness (QED) is 0.0523. The van der Waals surface area contributed by atoms with Crippen LogP contribution in [0.15, 0.2) is 48.5 Å². The minimum absolute atomic E-state index is 0.0722. The minimum Gasteiger partial charge on any atom is -0.460 e. The standard InChI is InChI=1S/C54H77N7O18/c1-27(2)41(49(72)59-34(46(69)56-25-37(55)62)22-39(64)78-53(6,7)8)61-47(70)33(20-21-38(63)77-52(3,4)5)58-48(71)35(23-40(65)79-54(9,10)11)60-50(73)45-44(68)43(67)42(66)36(76-45)24-57-51(74)75-26-32-30-18-14-12-16-28(30)29-17-13-15-19-31(29)32/h12-19,27,32-36,41-45,66-68H,20-26H2,1-11H3,(H2,55,62)(H,56,69)(H,57,74)(H,58,71)(H,59,72)(H,60,73)(H,61,70)/t33-,34-,35-,36?,41-,42?,43?,44?,45?/m0/s1. The van der Waals surface area contributed by atoms with Crippen LogP contribution >= 0.6 is 0 Å². The molecule has 0 saturated carbocycles. The van der Waals surface area contributed by atoms with Gasteiger partial charge in [-0.15, -0.1) is 0 Å². The van der Waals surface area contributed by atoms with Crippen molar-refractivity contribution in [2.24, 2.45) is 11.7 Å². The van der Waals surface area contributed by atoms with Crippen molar-refractivity contribution in [1.82, 2.24) is 31.9 Å². The molecule has 11 N–H and O–H groups in total. The van der Waals surface area contributed by atoms with Crippen LogP contribution in [-0.2, 0) is 66.8 Å². The number of hydrogen-bond donors (Lipinski definition) is 10. The molecule has 436 valence electrons. The minimum atomic E-state index is -2.14. The van der Waals surface area contributed by atoms with E-state index in [0.29, 0.717) is 0 Å². The molecule has 5 unspecified atom stereocenters. The predicted molar refractivity (Wildman–Crippen MR) is 281 cm³/mol. The third-order valence-electron chi connectivity index (χ3n) is 12.0. The van der Waals surface area contributed by atoms with E-state index in [1.165, 1.54) is 34.6 Å². The summed E-state index contributed by atoms with van der Waals surface area (Å²) < 4.78 is 27.4. The predicted octanol–water partition coefficient (Wildman–Crippen LogP) is 0.157. The van der Waals surface area contributed by atoms with E-state index in [-0.39, 0.29) is 12.5 Å². The number of amides is 7. The SMILES string of the molecule is CC(C)[C@H](NC(=O)[C@H](CCC(=O)OC(C)(C)C)NC(=O)[C@H](CC(=O)OC(C)(C)C)NC(=O)C1OC(CNC(=O)OCC2c3ccccc3-c3ccccc32)C(O)C(O)C1O)C(=O)N[C@@H](CC(=O)OC(C)(C)C)C(=O)NCC(N)=O. The van der Waals surface area contributed by atoms with Crippen molar-refractivity contribution >= 4 is 59.4 Å². The largest absolute Gasteiger partial charge is 0.460 e. The number of carbonyl (C=O) groups is 10. The molecule has 79 heavy (non-hydrogen) atoms. The van der Waals surface area contributed by atoms with Gasteiger partial charge in [-0.25, -0.2) is 4.79 Å². The summed E-state index contributed by atoms with van der Waals surface area (Å²) in [7, 11) is 0. The zero-order valence-electron chi connectivity index (χ0n) is 46.5. The Morgan fingerprint density at radius 2 is 1.08 bits per heavy atom. The number of hydrogen-bond acceptors (Lipinski definition) is 18. The number of alkyl carbamates (subject to hydrolysis) is 1. The Bertz CT molecular complexity index is 2510. The number of primary amides is 1. The highest BCUT2D eigenvalue weighted by molar-refractivity contribution is 5.98. The number of ether oxygens (including phenoxy) is 5. The summed E-state index contributed by atoms with van der Waals surface area (Å²) in [6.45, 7) is 15.8. The zero-order chi connectivity index (χ0) is 59.3. The van der Waals surface area contributed by atoms with Gasteiger partial charge >= 0.3 is 24.0 Å². The smallest absolute Gasteiger partial charge is 0.407 e. The third-order valence-corrected chi connectivity index (χ3v) is 12.0. The molecule has 1 fully saturated rings. The molecule has 0 spiro atoms. The van der Waals surface area contributed by atoms with Gasteiger partial charge in [0.2, 0.25) is 29.5 Å². The Balaban J connectivity index is 1.56. The average molecular weight is 1110 g/mol. The van der Waals surface area contributed by atoms with Crippen LogP contribution in [0.3, 0.4) is 0 Å². The Morgan fingerprint density at radius 1 is 0.595 bits per heavy atom. The van der Waals surface area contributed by atoms with E-state index in [2.05, 4.69) is 31.9 Å². The Kier molecular flexibility index (Phi) is 22.5. The summed E-state index contributed by atoms with van der Waals surface area (Å²) in [5.74, 6) is -10.4. The summed E-state index contributed by atoms with van der Waals surface area (Å²) in [5.41, 5.74) is 5.97. The molecular formula is C54H77N7O18. The molecule has 25 nitrogen and oxygen atoms in total. The maximum Gasteiger partial charge on any atom is 0.407 e. The van der Waals surface area contributed by atoms with Crippen molar-refractivity contribution in [3.63, 3.8) is 0 Å². The third kappa shape index (κ3) is 19.9. The van der Waals surface area contributed by atoms with Crippen LogP contribution in [0.25, 0.3) is 11.1 Å². The van der Waals surface area contributed by atoms with Crippen LogP contribution < -0.4 is 37.6 Å². The molecule has 1 heterocycles. The lowest BCUT2D eigenvalue weighted by Gasteiger charge is -2.40. The van der Waals surface area contributed by atoms with Gasteiger partial charge < -0.3 is 76.6 Å². The maximum absolute atomic E-state index is 14.4. The summed E-state index contributed by atoms with van der Waals surface area (Å²) >= 11 is 0. The maximum atomic E-state index is 14.4. The normalized spacial score (nSPS) is 19.6. The molecule has 7 amide bonds. The van der Waals surface area contributed by atoms with Gasteiger partial charge in [-0.1, -0.05) is 62.4 Å². The van der Waals surface area contributed by atoms with Crippen molar-refractivity contribution in [2.75, 3.05) is 19.7 Å². The Labute approximate surface area is 458 Å². The highest BCUT2D eigenvalue weighted by Gasteiger charge is 2.48. The zero-order valence-corrected chi connectivity index (χ0v) is 46.5. The van der Waals surface area contributed by atoms with Gasteiger partial charge in [-0.2, -0.15) is 0 Å². The van der Waals surface area contributed by atoms with Crippen molar-refractivity contribution in [1.29, 1.82) is 0 Å². The van der Waals surface area contributed by atoms with Crippen LogP contribution in [0.5, 0.6) is 0 Å². The second-order valence-electron chi connectivity index (χ2n) is 22.6. The number of nitrogens with two attached hydrogens (primary N) is 1. The number of nitrogens with one attached hydrogen (secondary N) is 6. The van der Waals surface area contributed by atoms with Gasteiger partial charge in [0.25, 0.3) is 5.91 Å². The topological polar surface area (TPSA) is 376 Å². The lowest BCUT2D eigenvalue weighted by molar-refractivity contribution is -0.219. The van der Waals surface area contributed by atoms with E-state index < -0.39 is 176 Å². The fourth-order valence-corrected chi connectivity index (χ4v) is 8.49. The first kappa shape index (κ1) is 64.3. The van der Waals surface area contributed by atoms with E-state index in [9.17, 15) is 63.3 Å². The van der Waals surface area contributed by atoms with E-state index in [0.717, 1.165) is 22.3 Å². The number of aliphatic hydroxyl groups is 3. The van der Waals surface area contributed by atoms with E-state index >= 15 is 0 Å². The molecule has 9 atom stereocenters. The van der Waals surface area contributed by atoms with Crippen molar-refractivity contribution in [2.45, 2.75) is 179 Å². The van der Waals surface area contributed by atoms with Gasteiger partial charge in [-0.05, 0) is 96.9 Å². The molecule has 1 aliphatic heterocycles. The first-order valence-electron chi connectivity index (χ1n) is 25.9. The summed E-state index contributed by atoms with van der Waals surface area (Å²) in [5, 5.41) is 47.1. The fraction of sp³-hybridized carbons (Fsp3) is 0.593. The van der Waals surface area contributed by atoms with Crippen LogP contribution in [0, 0.1) is 5.92 Å². The Morgan fingerprint density at radius 3 is 1.58 bits per heavy atom. The number of carbonyl (C=O) groups excluding carboxylic acids is 10. The van der Waals surface area contributed by atoms with Crippen molar-refractivity contribution < 1.29 is 86.9 Å². The van der Waals surface area contributed by atoms with Crippen molar-refractivity contribution in [3.8, 4) is 11.1 Å². The molecule has 25 heteroatoms. The number of esters is 3. The van der Waals surface area contributed by atoms with Crippen LogP contribution in [0.1, 0.15) is 119 Å². The molecule has 0 aromatic heterocycles. The summed E-state index contributed by atoms with van der Waals surface area (Å²) in [6, 6.07) is 8.47. The van der Waals surface area contributed by atoms with E-state index in [1.54, 1.807) is 41.5 Å². The molecule has 2 aliphatic rings. The average Bonchev–Trinajstić information content (AvgIpc) is 3.91. The molecule has 4 rings (SSSR count). The fourth-order valence-electron chi connectivity index (χ4n) is 8.49. The first-order chi connectivity index (χ1) is 36.6. The molecule has 2 aromatic carbocycles. The monoisotopic (exact) mass is 1110 g/mol. The Hall–Kier alpha value is -7.22. The van der Waals surface area contributed by atoms with Gasteiger partial charge in [-0.3, -0.25) is 43.2 Å². The second kappa shape index (κ2) is 27.6. The summed E-state index contributed by atoms with van der Waals surface area (Å²) in [6.07, 6.45) is -13.3. The molecule has 2 aromatic rings. The number of aliphatic hydroxyl groups excluding tert-OH is 3. The molecule has 0 radical (unpaired) electrons. The van der Waals surface area contributed by atoms with Crippen LogP contribution in [0.4, 0.5) is 4.79 Å². The summed E-state index contributed by atoms with van der Waals surface area (Å²) in [4.78, 5) is 134. The second-order valence-corrected chi connectivity index (χ2v) is 22.6. The number of rotatable bonds is 23. The van der Waals surface area contributed by atoms with Crippen LogP contribution in [-0.4, -0.2) is 166 Å². The van der Waals surface area contributed by atoms with E-state index in [1.807, 2.05) is 48.5 Å². The number of fused-ring (bicyclic) bond motifs is 3. The lowest BCUT2D eigenvalue weighted by Crippen LogP contribution is -2.65. The highest BCUT2D eigenvalue weighted by Crippen LogP contribution is 2.44. The van der Waals surface area contributed by atoms with Crippen molar-refractivity contribution in [3.05, 3.63) is 59.7 Å². The van der Waals surface area contributed by atoms with Gasteiger partial charge in [0, 0.05) is 18.9 Å². The highest BCUT2D eigenvalue weighted by atomic mass is 16.6. The molecule has 1 aliphatic carbocycles. The first-order valence-corrected chi connectivity index (χ1v) is 25.9. The molecule has 1 saturated heterocycles. The number of benzene rings is 2.